The minimum atomic E-state index is -0.326. The third-order valence-electron chi connectivity index (χ3n) is 4.53. The number of hydrogen-bond donors (Lipinski definition) is 1. The molecule has 2 heterocycles. The fraction of sp³-hybridized carbons (Fsp3) is 0.429. The molecule has 0 aliphatic heterocycles. The quantitative estimate of drug-likeness (QED) is 0.454. The van der Waals surface area contributed by atoms with E-state index in [-0.39, 0.29) is 11.2 Å². The molecule has 0 fully saturated rings. The number of aryl methyl sites for hydroxylation is 2. The molecule has 0 aliphatic carbocycles. The molecular weight excluding hydrogens is 438 g/mol. The number of carbonyl (C=O) groups is 1. The van der Waals surface area contributed by atoms with Gasteiger partial charge in [0, 0.05) is 22.9 Å². The third kappa shape index (κ3) is 5.83. The normalized spacial score (nSPS) is 12.4. The fourth-order valence-corrected chi connectivity index (χ4v) is 4.64. The monoisotopic (exact) mass is 463 g/mol. The number of hydrogen-bond acceptors (Lipinski definition) is 6. The molecule has 1 aromatic carbocycles. The Morgan fingerprint density at radius 1 is 1.20 bits per heavy atom. The zero-order valence-corrected chi connectivity index (χ0v) is 20.2. The van der Waals surface area contributed by atoms with Gasteiger partial charge in [0.1, 0.15) is 5.82 Å². The van der Waals surface area contributed by atoms with Crippen LogP contribution in [-0.4, -0.2) is 30.9 Å². The van der Waals surface area contributed by atoms with Gasteiger partial charge in [-0.25, -0.2) is 4.98 Å². The summed E-state index contributed by atoms with van der Waals surface area (Å²) in [6, 6.07) is 7.75. The first-order valence-electron chi connectivity index (χ1n) is 9.81. The summed E-state index contributed by atoms with van der Waals surface area (Å²) in [4.78, 5) is 18.2. The summed E-state index contributed by atoms with van der Waals surface area (Å²) in [6.07, 6.45) is 0.662. The molecule has 1 atom stereocenters. The van der Waals surface area contributed by atoms with E-state index in [1.165, 1.54) is 23.1 Å². The number of aromatic nitrogens is 4. The molecule has 1 N–H and O–H groups in total. The van der Waals surface area contributed by atoms with Gasteiger partial charge in [0.15, 0.2) is 10.3 Å². The topological polar surface area (TPSA) is 72.7 Å². The van der Waals surface area contributed by atoms with Crippen molar-refractivity contribution in [2.75, 3.05) is 5.32 Å². The molecule has 0 aliphatic rings. The summed E-state index contributed by atoms with van der Waals surface area (Å²) >= 11 is 8.90. The van der Waals surface area contributed by atoms with Gasteiger partial charge >= 0.3 is 0 Å². The van der Waals surface area contributed by atoms with Crippen molar-refractivity contribution in [3.63, 3.8) is 0 Å². The van der Waals surface area contributed by atoms with Gasteiger partial charge in [-0.2, -0.15) is 0 Å². The smallest absolute Gasteiger partial charge is 0.239 e. The summed E-state index contributed by atoms with van der Waals surface area (Å²) < 4.78 is 2.12. The Hall–Kier alpha value is -1.90. The molecule has 9 heteroatoms. The van der Waals surface area contributed by atoms with Crippen LogP contribution >= 0.6 is 34.7 Å². The van der Waals surface area contributed by atoms with Crippen LogP contribution in [0.15, 0.2) is 29.4 Å². The molecule has 0 radical (unpaired) electrons. The zero-order chi connectivity index (χ0) is 21.8. The highest BCUT2D eigenvalue weighted by Gasteiger charge is 2.22. The van der Waals surface area contributed by atoms with Crippen LogP contribution in [-0.2, 0) is 17.8 Å². The molecule has 3 aromatic rings. The van der Waals surface area contributed by atoms with E-state index in [1.54, 1.807) is 0 Å². The predicted molar refractivity (Wildman–Crippen MR) is 125 cm³/mol. The van der Waals surface area contributed by atoms with Crippen LogP contribution in [0.25, 0.3) is 0 Å². The second kappa shape index (κ2) is 9.94. The summed E-state index contributed by atoms with van der Waals surface area (Å²) in [5.74, 6) is 1.22. The van der Waals surface area contributed by atoms with Crippen LogP contribution in [0.1, 0.15) is 42.7 Å². The van der Waals surface area contributed by atoms with E-state index in [0.717, 1.165) is 33.7 Å². The van der Waals surface area contributed by atoms with E-state index in [1.807, 2.05) is 45.0 Å². The Balaban J connectivity index is 1.74. The van der Waals surface area contributed by atoms with Crippen LogP contribution in [0.4, 0.5) is 5.13 Å². The number of amides is 1. The summed E-state index contributed by atoms with van der Waals surface area (Å²) in [5, 5.41) is 13.5. The van der Waals surface area contributed by atoms with Crippen molar-refractivity contribution in [2.24, 2.45) is 5.92 Å². The Morgan fingerprint density at radius 2 is 1.90 bits per heavy atom. The number of halogens is 1. The minimum absolute atomic E-state index is 0.0906. The van der Waals surface area contributed by atoms with Gasteiger partial charge in [0.25, 0.3) is 0 Å². The van der Waals surface area contributed by atoms with Crippen LogP contribution < -0.4 is 5.32 Å². The minimum Gasteiger partial charge on any atom is -0.305 e. The van der Waals surface area contributed by atoms with Crippen molar-refractivity contribution < 1.29 is 4.79 Å². The Bertz CT molecular complexity index is 994. The average molecular weight is 464 g/mol. The van der Waals surface area contributed by atoms with Crippen molar-refractivity contribution in [3.8, 4) is 0 Å². The van der Waals surface area contributed by atoms with E-state index in [9.17, 15) is 4.79 Å². The van der Waals surface area contributed by atoms with Gasteiger partial charge < -0.3 is 9.88 Å². The largest absolute Gasteiger partial charge is 0.305 e. The average Bonchev–Trinajstić information content (AvgIpc) is 3.19. The number of benzene rings is 1. The van der Waals surface area contributed by atoms with Gasteiger partial charge in [-0.05, 0) is 44.4 Å². The van der Waals surface area contributed by atoms with E-state index in [2.05, 4.69) is 38.9 Å². The lowest BCUT2D eigenvalue weighted by Gasteiger charge is -2.15. The van der Waals surface area contributed by atoms with Crippen molar-refractivity contribution in [1.29, 1.82) is 0 Å². The number of carbonyl (C=O) groups excluding carboxylic acids is 1. The van der Waals surface area contributed by atoms with Gasteiger partial charge in [-0.15, -0.1) is 21.5 Å². The lowest BCUT2D eigenvalue weighted by molar-refractivity contribution is -0.115. The second-order valence-corrected chi connectivity index (χ2v) is 10.6. The Morgan fingerprint density at radius 3 is 2.50 bits per heavy atom. The molecule has 3 rings (SSSR count). The van der Waals surface area contributed by atoms with Crippen LogP contribution in [0.3, 0.4) is 0 Å². The SMILES string of the molecule is Cc1nc(NC(=O)C(C)Sc2nnc(Cc3ccc(Cl)cc3)n2CC(C)C)sc1C. The number of rotatable bonds is 8. The van der Waals surface area contributed by atoms with Gasteiger partial charge in [-0.1, -0.05) is 49.3 Å². The number of thiazole rings is 1. The van der Waals surface area contributed by atoms with Gasteiger partial charge in [0.05, 0.1) is 10.9 Å². The fourth-order valence-electron chi connectivity index (χ4n) is 2.82. The molecule has 0 spiro atoms. The van der Waals surface area contributed by atoms with E-state index < -0.39 is 0 Å². The van der Waals surface area contributed by atoms with Crippen LogP contribution in [0, 0.1) is 19.8 Å². The molecule has 0 saturated heterocycles. The van der Waals surface area contributed by atoms with E-state index in [4.69, 9.17) is 11.6 Å². The maximum Gasteiger partial charge on any atom is 0.239 e. The number of nitrogens with one attached hydrogen (secondary N) is 1. The standard InChI is InChI=1S/C21H26ClN5OS2/c1-12(2)11-27-18(10-16-6-8-17(22)9-7-16)25-26-21(27)30-15(5)19(28)24-20-23-13(3)14(4)29-20/h6-9,12,15H,10-11H2,1-5H3,(H,23,24,28). The predicted octanol–water partition coefficient (Wildman–Crippen LogP) is 5.37. The first-order chi connectivity index (χ1) is 14.2. The Kier molecular flexibility index (Phi) is 7.55. The lowest BCUT2D eigenvalue weighted by Crippen LogP contribution is -2.23. The first kappa shape index (κ1) is 22.8. The summed E-state index contributed by atoms with van der Waals surface area (Å²) in [5.41, 5.74) is 2.06. The number of anilines is 1. The second-order valence-electron chi connectivity index (χ2n) is 7.62. The van der Waals surface area contributed by atoms with Gasteiger partial charge in [0.2, 0.25) is 5.91 Å². The highest BCUT2D eigenvalue weighted by Crippen LogP contribution is 2.27. The molecular formula is C21H26ClN5OS2. The lowest BCUT2D eigenvalue weighted by atomic mass is 10.1. The van der Waals surface area contributed by atoms with Crippen molar-refractivity contribution >= 4 is 45.7 Å². The number of thioether (sulfide) groups is 1. The van der Waals surface area contributed by atoms with E-state index >= 15 is 0 Å². The molecule has 1 unspecified atom stereocenters. The van der Waals surface area contributed by atoms with Crippen molar-refractivity contribution in [1.82, 2.24) is 19.7 Å². The maximum absolute atomic E-state index is 12.7. The first-order valence-corrected chi connectivity index (χ1v) is 11.9. The summed E-state index contributed by atoms with van der Waals surface area (Å²) in [7, 11) is 0. The zero-order valence-electron chi connectivity index (χ0n) is 17.8. The number of nitrogens with zero attached hydrogens (tertiary/aromatic N) is 4. The van der Waals surface area contributed by atoms with Crippen molar-refractivity contribution in [2.45, 2.75) is 58.0 Å². The van der Waals surface area contributed by atoms with Crippen LogP contribution in [0.5, 0.6) is 0 Å². The molecule has 2 aromatic heterocycles. The third-order valence-corrected chi connectivity index (χ3v) is 6.85. The Labute approximate surface area is 190 Å². The van der Waals surface area contributed by atoms with E-state index in [0.29, 0.717) is 22.5 Å². The van der Waals surface area contributed by atoms with Crippen LogP contribution in [0.2, 0.25) is 5.02 Å². The molecule has 160 valence electrons. The maximum atomic E-state index is 12.7. The van der Waals surface area contributed by atoms with Gasteiger partial charge in [-0.3, -0.25) is 4.79 Å². The highest BCUT2D eigenvalue weighted by atomic mass is 35.5. The molecule has 6 nitrogen and oxygen atoms in total. The molecule has 0 bridgehead atoms. The molecule has 30 heavy (non-hydrogen) atoms. The summed E-state index contributed by atoms with van der Waals surface area (Å²) in [6.45, 7) is 10.9. The van der Waals surface area contributed by atoms with Crippen molar-refractivity contribution in [3.05, 3.63) is 51.2 Å². The highest BCUT2D eigenvalue weighted by molar-refractivity contribution is 8.00. The molecule has 0 saturated carbocycles. The molecule has 1 amide bonds.